The molecule has 14 heavy (non-hydrogen) atoms. The topological polar surface area (TPSA) is 6.48 Å². The lowest BCUT2D eigenvalue weighted by molar-refractivity contribution is -0.0420. The summed E-state index contributed by atoms with van der Waals surface area (Å²) in [4.78, 5) is 5.04. The molecule has 0 saturated carbocycles. The van der Waals surface area contributed by atoms with Gasteiger partial charge >= 0.3 is 0 Å². The van der Waals surface area contributed by atoms with Gasteiger partial charge in [0, 0.05) is 30.2 Å². The van der Waals surface area contributed by atoms with Crippen LogP contribution in [-0.4, -0.2) is 47.1 Å². The number of rotatable bonds is 1. The zero-order valence-electron chi connectivity index (χ0n) is 10.9. The normalized spacial score (nSPS) is 21.4. The van der Waals surface area contributed by atoms with Gasteiger partial charge in [-0.05, 0) is 48.6 Å². The summed E-state index contributed by atoms with van der Waals surface area (Å²) in [6.07, 6.45) is 0. The Balaban J connectivity index is 2.42. The molecule has 84 valence electrons. The molecule has 0 radical (unpaired) electrons. The van der Waals surface area contributed by atoms with E-state index in [0.717, 1.165) is 6.04 Å². The van der Waals surface area contributed by atoms with E-state index in [9.17, 15) is 0 Å². The Morgan fingerprint density at radius 2 is 1.43 bits per heavy atom. The number of hydrogen-bond acceptors (Lipinski definition) is 2. The van der Waals surface area contributed by atoms with Crippen molar-refractivity contribution in [3.63, 3.8) is 0 Å². The molecular weight excluding hydrogens is 172 g/mol. The van der Waals surface area contributed by atoms with E-state index in [1.807, 2.05) is 0 Å². The maximum atomic E-state index is 2.54. The minimum absolute atomic E-state index is 0.300. The van der Waals surface area contributed by atoms with Gasteiger partial charge in [-0.2, -0.15) is 0 Å². The quantitative estimate of drug-likeness (QED) is 0.637. The van der Waals surface area contributed by atoms with Gasteiger partial charge in [0.05, 0.1) is 0 Å². The van der Waals surface area contributed by atoms with Crippen LogP contribution in [0.15, 0.2) is 0 Å². The van der Waals surface area contributed by atoms with Gasteiger partial charge < -0.3 is 0 Å². The molecule has 1 heterocycles. The van der Waals surface area contributed by atoms with Crippen LogP contribution in [0.3, 0.4) is 0 Å². The molecule has 1 saturated heterocycles. The average Bonchev–Trinajstić information content (AvgIpc) is 1.77. The van der Waals surface area contributed by atoms with Crippen LogP contribution in [0.5, 0.6) is 0 Å². The van der Waals surface area contributed by atoms with Crippen LogP contribution in [0.1, 0.15) is 41.5 Å². The second-order valence-electron chi connectivity index (χ2n) is 6.51. The summed E-state index contributed by atoms with van der Waals surface area (Å²) >= 11 is 0. The highest BCUT2D eigenvalue weighted by Gasteiger charge is 2.39. The third kappa shape index (κ3) is 2.48. The Kier molecular flexibility index (Phi) is 2.99. The largest absolute Gasteiger partial charge is 0.296 e. The van der Waals surface area contributed by atoms with Gasteiger partial charge in [-0.15, -0.1) is 0 Å². The van der Waals surface area contributed by atoms with E-state index in [-0.39, 0.29) is 0 Å². The summed E-state index contributed by atoms with van der Waals surface area (Å²) in [5.74, 6) is 0. The Morgan fingerprint density at radius 3 is 1.71 bits per heavy atom. The van der Waals surface area contributed by atoms with Crippen LogP contribution in [-0.2, 0) is 0 Å². The highest BCUT2D eigenvalue weighted by Crippen LogP contribution is 2.27. The highest BCUT2D eigenvalue weighted by molar-refractivity contribution is 4.96. The fourth-order valence-electron chi connectivity index (χ4n) is 1.80. The number of nitrogens with zero attached hydrogens (tertiary/aromatic N) is 2. The molecule has 0 amide bonds. The monoisotopic (exact) mass is 198 g/mol. The van der Waals surface area contributed by atoms with Crippen LogP contribution in [0.4, 0.5) is 0 Å². The molecule has 2 heteroatoms. The first-order chi connectivity index (χ1) is 6.12. The fraction of sp³-hybridized carbons (Fsp3) is 1.00. The molecule has 0 aromatic heterocycles. The van der Waals surface area contributed by atoms with E-state index < -0.39 is 0 Å². The van der Waals surface area contributed by atoms with Gasteiger partial charge in [-0.3, -0.25) is 9.80 Å². The van der Waals surface area contributed by atoms with Crippen molar-refractivity contribution in [1.82, 2.24) is 9.80 Å². The number of likely N-dealkylation sites (tertiary alicyclic amines) is 1. The van der Waals surface area contributed by atoms with Gasteiger partial charge in [0.1, 0.15) is 0 Å². The lowest BCUT2D eigenvalue weighted by Crippen LogP contribution is -2.66. The molecule has 1 fully saturated rings. The van der Waals surface area contributed by atoms with Crippen molar-refractivity contribution in [1.29, 1.82) is 0 Å². The molecule has 0 atom stereocenters. The van der Waals surface area contributed by atoms with E-state index in [0.29, 0.717) is 11.1 Å². The van der Waals surface area contributed by atoms with Crippen LogP contribution in [0, 0.1) is 0 Å². The van der Waals surface area contributed by atoms with Crippen molar-refractivity contribution in [2.45, 2.75) is 58.7 Å². The third-order valence-corrected chi connectivity index (χ3v) is 3.42. The maximum absolute atomic E-state index is 2.54. The van der Waals surface area contributed by atoms with E-state index >= 15 is 0 Å². The molecule has 0 aromatic carbocycles. The van der Waals surface area contributed by atoms with Crippen molar-refractivity contribution in [2.24, 2.45) is 0 Å². The zero-order valence-corrected chi connectivity index (χ0v) is 10.9. The summed E-state index contributed by atoms with van der Waals surface area (Å²) in [7, 11) is 2.24. The predicted octanol–water partition coefficient (Wildman–Crippen LogP) is 2.20. The molecule has 0 spiro atoms. The number of likely N-dealkylation sites (N-methyl/N-ethyl adjacent to an activating group) is 1. The SMILES string of the molecule is CN(C1CN(C(C)(C)C)C1)C(C)(C)C. The van der Waals surface area contributed by atoms with Crippen molar-refractivity contribution < 1.29 is 0 Å². The van der Waals surface area contributed by atoms with Crippen molar-refractivity contribution in [3.05, 3.63) is 0 Å². The van der Waals surface area contributed by atoms with Gasteiger partial charge in [-0.1, -0.05) is 0 Å². The van der Waals surface area contributed by atoms with E-state index in [4.69, 9.17) is 0 Å². The summed E-state index contributed by atoms with van der Waals surface area (Å²) in [5, 5.41) is 0. The Morgan fingerprint density at radius 1 is 1.00 bits per heavy atom. The smallest absolute Gasteiger partial charge is 0.0353 e. The Labute approximate surface area is 89.3 Å². The molecule has 2 nitrogen and oxygen atoms in total. The lowest BCUT2D eigenvalue weighted by atomic mass is 9.94. The third-order valence-electron chi connectivity index (χ3n) is 3.42. The standard InChI is InChI=1S/C12H26N2/c1-11(2,3)13(7)10-8-14(9-10)12(4,5)6/h10H,8-9H2,1-7H3. The maximum Gasteiger partial charge on any atom is 0.0353 e. The summed E-state index contributed by atoms with van der Waals surface area (Å²) < 4.78 is 0. The fourth-order valence-corrected chi connectivity index (χ4v) is 1.80. The molecule has 1 aliphatic rings. The predicted molar refractivity (Wildman–Crippen MR) is 62.6 cm³/mol. The lowest BCUT2D eigenvalue weighted by Gasteiger charge is -2.53. The minimum atomic E-state index is 0.300. The Bertz CT molecular complexity index is 191. The molecule has 0 unspecified atom stereocenters. The van der Waals surface area contributed by atoms with Crippen LogP contribution >= 0.6 is 0 Å². The van der Waals surface area contributed by atoms with Crippen LogP contribution in [0.25, 0.3) is 0 Å². The number of hydrogen-bond donors (Lipinski definition) is 0. The molecule has 0 bridgehead atoms. The van der Waals surface area contributed by atoms with Crippen molar-refractivity contribution in [2.75, 3.05) is 20.1 Å². The van der Waals surface area contributed by atoms with E-state index in [2.05, 4.69) is 58.4 Å². The van der Waals surface area contributed by atoms with Crippen LogP contribution in [0.2, 0.25) is 0 Å². The highest BCUT2D eigenvalue weighted by atomic mass is 15.3. The first-order valence-electron chi connectivity index (χ1n) is 5.60. The first-order valence-corrected chi connectivity index (χ1v) is 5.60. The average molecular weight is 198 g/mol. The summed E-state index contributed by atoms with van der Waals surface area (Å²) in [6, 6.07) is 0.745. The van der Waals surface area contributed by atoms with Crippen molar-refractivity contribution >= 4 is 0 Å². The van der Waals surface area contributed by atoms with E-state index in [1.165, 1.54) is 13.1 Å². The minimum Gasteiger partial charge on any atom is -0.296 e. The first kappa shape index (κ1) is 12.0. The molecule has 1 aliphatic heterocycles. The van der Waals surface area contributed by atoms with Gasteiger partial charge in [-0.25, -0.2) is 0 Å². The Hall–Kier alpha value is -0.0800. The van der Waals surface area contributed by atoms with E-state index in [1.54, 1.807) is 0 Å². The molecule has 0 aromatic rings. The second-order valence-corrected chi connectivity index (χ2v) is 6.51. The zero-order chi connectivity index (χ0) is 11.1. The van der Waals surface area contributed by atoms with Gasteiger partial charge in [0.2, 0.25) is 0 Å². The van der Waals surface area contributed by atoms with Gasteiger partial charge in [0.15, 0.2) is 0 Å². The summed E-state index contributed by atoms with van der Waals surface area (Å²) in [5.41, 5.74) is 0.643. The molecule has 1 rings (SSSR count). The second kappa shape index (κ2) is 3.49. The molecule has 0 N–H and O–H groups in total. The summed E-state index contributed by atoms with van der Waals surface area (Å²) in [6.45, 7) is 16.2. The van der Waals surface area contributed by atoms with Crippen LogP contribution < -0.4 is 0 Å². The van der Waals surface area contributed by atoms with Crippen molar-refractivity contribution in [3.8, 4) is 0 Å². The van der Waals surface area contributed by atoms with Gasteiger partial charge in [0.25, 0.3) is 0 Å². The molecular formula is C12H26N2. The molecule has 0 aliphatic carbocycles.